The monoisotopic (exact) mass is 128 g/mol. The van der Waals surface area contributed by atoms with Crippen LogP contribution in [0.5, 0.6) is 0 Å². The lowest BCUT2D eigenvalue weighted by molar-refractivity contribution is -0.786. The molecule has 1 nitrogen and oxygen atoms in total. The summed E-state index contributed by atoms with van der Waals surface area (Å²) < 4.78 is 0. The van der Waals surface area contributed by atoms with Gasteiger partial charge < -0.3 is 4.90 Å². The van der Waals surface area contributed by atoms with Gasteiger partial charge in [0, 0.05) is 6.07 Å². The molecule has 0 unspecified atom stereocenters. The van der Waals surface area contributed by atoms with Crippen LogP contribution in [-0.2, 0) is 0 Å². The summed E-state index contributed by atoms with van der Waals surface area (Å²) in [6.07, 6.45) is 0. The molecule has 0 aliphatic heterocycles. The minimum Gasteiger partial charge on any atom is -0.307 e. The Morgan fingerprint density at radius 2 is 2.25 bits per heavy atom. The van der Waals surface area contributed by atoms with Crippen molar-refractivity contribution in [3.05, 3.63) is 16.8 Å². The van der Waals surface area contributed by atoms with Crippen molar-refractivity contribution in [1.82, 2.24) is 0 Å². The van der Waals surface area contributed by atoms with Crippen molar-refractivity contribution in [2.24, 2.45) is 0 Å². The molecule has 0 fully saturated rings. The molecule has 0 aliphatic rings. The summed E-state index contributed by atoms with van der Waals surface area (Å²) in [7, 11) is 4.25. The minimum atomic E-state index is 1.37. The first kappa shape index (κ1) is 5.79. The summed E-state index contributed by atoms with van der Waals surface area (Å²) in [6, 6.07) is 2.14. The molecule has 0 aromatic carbocycles. The molecule has 44 valence electrons. The van der Waals surface area contributed by atoms with E-state index >= 15 is 0 Å². The Morgan fingerprint density at radius 3 is 2.50 bits per heavy atom. The van der Waals surface area contributed by atoms with Crippen molar-refractivity contribution in [2.45, 2.75) is 0 Å². The van der Waals surface area contributed by atoms with Gasteiger partial charge in [0.05, 0.1) is 19.5 Å². The first-order valence-electron chi connectivity index (χ1n) is 2.63. The van der Waals surface area contributed by atoms with Crippen LogP contribution in [0.1, 0.15) is 0 Å². The van der Waals surface area contributed by atoms with Crippen LogP contribution in [0.4, 0.5) is 5.69 Å². The average Bonchev–Trinajstić information content (AvgIpc) is 2.12. The molecule has 0 amide bonds. The van der Waals surface area contributed by atoms with Crippen molar-refractivity contribution in [2.75, 3.05) is 14.1 Å². The Balaban J connectivity index is 2.77. The van der Waals surface area contributed by atoms with Crippen LogP contribution in [0.25, 0.3) is 0 Å². The van der Waals surface area contributed by atoms with Gasteiger partial charge in [0.15, 0.2) is 0 Å². The van der Waals surface area contributed by atoms with Crippen LogP contribution < -0.4 is 4.90 Å². The number of hydrogen-bond acceptors (Lipinski definition) is 1. The number of quaternary nitrogens is 1. The highest BCUT2D eigenvalue weighted by atomic mass is 32.1. The third-order valence-electron chi connectivity index (χ3n) is 1.10. The zero-order valence-corrected chi connectivity index (χ0v) is 5.96. The first-order chi connectivity index (χ1) is 3.80. The summed E-state index contributed by atoms with van der Waals surface area (Å²) in [5.41, 5.74) is 1.37. The van der Waals surface area contributed by atoms with E-state index in [2.05, 4.69) is 30.9 Å². The Bertz CT molecular complexity index is 144. The molecule has 0 spiro atoms. The molecule has 2 heteroatoms. The fourth-order valence-electron chi connectivity index (χ4n) is 0.549. The lowest BCUT2D eigenvalue weighted by atomic mass is 10.5. The second-order valence-corrected chi connectivity index (χ2v) is 2.79. The third-order valence-corrected chi connectivity index (χ3v) is 1.78. The van der Waals surface area contributed by atoms with E-state index in [1.807, 2.05) is 0 Å². The minimum absolute atomic E-state index is 1.37. The molecular formula is C6H10NS+. The van der Waals surface area contributed by atoms with Crippen LogP contribution in [0, 0.1) is 0 Å². The van der Waals surface area contributed by atoms with Gasteiger partial charge in [-0.3, -0.25) is 0 Å². The van der Waals surface area contributed by atoms with Gasteiger partial charge >= 0.3 is 0 Å². The first-order valence-corrected chi connectivity index (χ1v) is 3.57. The molecule has 1 heterocycles. The van der Waals surface area contributed by atoms with Crippen LogP contribution in [0.3, 0.4) is 0 Å². The van der Waals surface area contributed by atoms with Gasteiger partial charge in [0.25, 0.3) is 0 Å². The number of nitrogens with one attached hydrogen (secondary N) is 1. The maximum Gasteiger partial charge on any atom is 0.141 e. The van der Waals surface area contributed by atoms with Gasteiger partial charge in [0.2, 0.25) is 0 Å². The van der Waals surface area contributed by atoms with Crippen molar-refractivity contribution in [1.29, 1.82) is 0 Å². The third kappa shape index (κ3) is 1.08. The summed E-state index contributed by atoms with van der Waals surface area (Å²) in [4.78, 5) is 1.39. The molecule has 1 N–H and O–H groups in total. The molecule has 0 aliphatic carbocycles. The van der Waals surface area contributed by atoms with Gasteiger partial charge in [-0.05, 0) is 5.38 Å². The van der Waals surface area contributed by atoms with Gasteiger partial charge in [-0.1, -0.05) is 0 Å². The van der Waals surface area contributed by atoms with Gasteiger partial charge in [-0.15, -0.1) is 11.3 Å². The second-order valence-electron chi connectivity index (χ2n) is 2.01. The average molecular weight is 128 g/mol. The summed E-state index contributed by atoms with van der Waals surface area (Å²) >= 11 is 1.75. The molecule has 0 saturated carbocycles. The largest absolute Gasteiger partial charge is 0.307 e. The molecule has 0 saturated heterocycles. The van der Waals surface area contributed by atoms with Crippen LogP contribution in [-0.4, -0.2) is 14.1 Å². The highest BCUT2D eigenvalue weighted by Crippen LogP contribution is 2.05. The Kier molecular flexibility index (Phi) is 1.65. The lowest BCUT2D eigenvalue weighted by Crippen LogP contribution is -3.00. The zero-order valence-electron chi connectivity index (χ0n) is 5.14. The molecule has 0 radical (unpaired) electrons. The van der Waals surface area contributed by atoms with E-state index in [0.29, 0.717) is 0 Å². The Hall–Kier alpha value is -0.340. The van der Waals surface area contributed by atoms with Crippen molar-refractivity contribution < 1.29 is 4.90 Å². The van der Waals surface area contributed by atoms with Gasteiger partial charge in [0.1, 0.15) is 5.69 Å². The van der Waals surface area contributed by atoms with E-state index in [1.165, 1.54) is 10.6 Å². The van der Waals surface area contributed by atoms with E-state index in [-0.39, 0.29) is 0 Å². The summed E-state index contributed by atoms with van der Waals surface area (Å²) in [5.74, 6) is 0. The smallest absolute Gasteiger partial charge is 0.141 e. The second kappa shape index (κ2) is 2.29. The molecule has 8 heavy (non-hydrogen) atoms. The van der Waals surface area contributed by atoms with E-state index in [9.17, 15) is 0 Å². The Labute approximate surface area is 53.6 Å². The maximum absolute atomic E-state index is 2.16. The topological polar surface area (TPSA) is 4.44 Å². The van der Waals surface area contributed by atoms with Crippen LogP contribution in [0.15, 0.2) is 16.8 Å². The van der Waals surface area contributed by atoms with Crippen LogP contribution in [0.2, 0.25) is 0 Å². The molecular weight excluding hydrogens is 118 g/mol. The van der Waals surface area contributed by atoms with Gasteiger partial charge in [-0.2, -0.15) is 0 Å². The number of hydrogen-bond donors (Lipinski definition) is 1. The number of thiophene rings is 1. The maximum atomic E-state index is 2.16. The van der Waals surface area contributed by atoms with Crippen LogP contribution >= 0.6 is 11.3 Å². The van der Waals surface area contributed by atoms with E-state index in [1.54, 1.807) is 11.3 Å². The van der Waals surface area contributed by atoms with E-state index < -0.39 is 0 Å². The summed E-state index contributed by atoms with van der Waals surface area (Å²) in [5, 5.41) is 4.26. The normalized spacial score (nSPS) is 10.4. The lowest BCUT2D eigenvalue weighted by Gasteiger charge is -1.99. The Morgan fingerprint density at radius 1 is 1.50 bits per heavy atom. The standard InChI is InChI=1S/C6H9NS/c1-7(2)6-3-4-8-5-6/h3-5H,1-2H3/p+1. The quantitative estimate of drug-likeness (QED) is 0.562. The molecule has 1 rings (SSSR count). The molecule has 1 aromatic rings. The highest BCUT2D eigenvalue weighted by molar-refractivity contribution is 7.08. The molecule has 1 aromatic heterocycles. The number of rotatable bonds is 1. The fraction of sp³-hybridized carbons (Fsp3) is 0.333. The fourth-order valence-corrected chi connectivity index (χ4v) is 1.31. The predicted molar refractivity (Wildman–Crippen MR) is 36.8 cm³/mol. The summed E-state index contributed by atoms with van der Waals surface area (Å²) in [6.45, 7) is 0. The van der Waals surface area contributed by atoms with E-state index in [4.69, 9.17) is 0 Å². The highest BCUT2D eigenvalue weighted by Gasteiger charge is 1.96. The van der Waals surface area contributed by atoms with Crippen molar-refractivity contribution >= 4 is 17.0 Å². The SMILES string of the molecule is C[NH+](C)c1ccsc1. The van der Waals surface area contributed by atoms with Crippen molar-refractivity contribution in [3.8, 4) is 0 Å². The predicted octanol–water partition coefficient (Wildman–Crippen LogP) is 0.524. The van der Waals surface area contributed by atoms with E-state index in [0.717, 1.165) is 0 Å². The van der Waals surface area contributed by atoms with Crippen molar-refractivity contribution in [3.63, 3.8) is 0 Å². The zero-order chi connectivity index (χ0) is 5.98. The molecule has 0 bridgehead atoms. The molecule has 0 atom stereocenters. The van der Waals surface area contributed by atoms with Gasteiger partial charge in [-0.25, -0.2) is 0 Å².